The second kappa shape index (κ2) is 6.09. The van der Waals surface area contributed by atoms with Gasteiger partial charge in [-0.3, -0.25) is 0 Å². The van der Waals surface area contributed by atoms with E-state index in [2.05, 4.69) is 6.07 Å². The molecule has 0 aromatic heterocycles. The lowest BCUT2D eigenvalue weighted by Gasteiger charge is -2.15. The first-order valence-corrected chi connectivity index (χ1v) is 6.55. The van der Waals surface area contributed by atoms with E-state index in [9.17, 15) is 5.11 Å². The molecule has 1 atom stereocenters. The van der Waals surface area contributed by atoms with Gasteiger partial charge in [0.15, 0.2) is 0 Å². The molecule has 2 aromatic carbocycles. The van der Waals surface area contributed by atoms with Crippen LogP contribution in [-0.4, -0.2) is 12.2 Å². The molecule has 2 nitrogen and oxygen atoms in total. The summed E-state index contributed by atoms with van der Waals surface area (Å²) in [5, 5.41) is 11.0. The first-order valence-electron chi connectivity index (χ1n) is 6.17. The third kappa shape index (κ3) is 3.49. The SMILES string of the molecule is COc1ccc(Cl)cc1C(O)Cc1cccc(C)c1. The van der Waals surface area contributed by atoms with Crippen molar-refractivity contribution in [3.63, 3.8) is 0 Å². The normalized spacial score (nSPS) is 12.2. The fraction of sp³-hybridized carbons (Fsp3) is 0.250. The van der Waals surface area contributed by atoms with Crippen LogP contribution in [0.2, 0.25) is 5.02 Å². The average Bonchev–Trinajstić information content (AvgIpc) is 2.38. The van der Waals surface area contributed by atoms with E-state index in [1.165, 1.54) is 5.56 Å². The van der Waals surface area contributed by atoms with Crippen molar-refractivity contribution < 1.29 is 9.84 Å². The van der Waals surface area contributed by atoms with Crippen molar-refractivity contribution >= 4 is 11.6 Å². The summed E-state index contributed by atoms with van der Waals surface area (Å²) < 4.78 is 5.26. The van der Waals surface area contributed by atoms with E-state index in [0.29, 0.717) is 17.2 Å². The summed E-state index contributed by atoms with van der Waals surface area (Å²) in [7, 11) is 1.59. The minimum atomic E-state index is -0.629. The van der Waals surface area contributed by atoms with E-state index in [0.717, 1.165) is 11.1 Å². The van der Waals surface area contributed by atoms with E-state index in [4.69, 9.17) is 16.3 Å². The molecule has 2 rings (SSSR count). The molecule has 0 saturated carbocycles. The minimum Gasteiger partial charge on any atom is -0.496 e. The van der Waals surface area contributed by atoms with Gasteiger partial charge in [-0.05, 0) is 30.7 Å². The van der Waals surface area contributed by atoms with E-state index < -0.39 is 6.10 Å². The van der Waals surface area contributed by atoms with Crippen LogP contribution in [0.5, 0.6) is 5.75 Å². The molecule has 0 radical (unpaired) electrons. The highest BCUT2D eigenvalue weighted by atomic mass is 35.5. The monoisotopic (exact) mass is 276 g/mol. The van der Waals surface area contributed by atoms with Gasteiger partial charge in [-0.2, -0.15) is 0 Å². The van der Waals surface area contributed by atoms with Gasteiger partial charge in [-0.25, -0.2) is 0 Å². The zero-order valence-electron chi connectivity index (χ0n) is 11.1. The first kappa shape index (κ1) is 13.9. The Bertz CT molecular complexity index is 566. The Hall–Kier alpha value is -1.51. The highest BCUT2D eigenvalue weighted by molar-refractivity contribution is 6.30. The molecule has 19 heavy (non-hydrogen) atoms. The Balaban J connectivity index is 2.24. The van der Waals surface area contributed by atoms with Crippen LogP contribution in [0, 0.1) is 6.92 Å². The van der Waals surface area contributed by atoms with Crippen LogP contribution in [0.4, 0.5) is 0 Å². The van der Waals surface area contributed by atoms with Crippen molar-refractivity contribution in [1.29, 1.82) is 0 Å². The molecule has 2 aromatic rings. The van der Waals surface area contributed by atoms with E-state index in [-0.39, 0.29) is 0 Å². The van der Waals surface area contributed by atoms with Crippen LogP contribution >= 0.6 is 11.6 Å². The Morgan fingerprint density at radius 3 is 2.68 bits per heavy atom. The zero-order valence-corrected chi connectivity index (χ0v) is 11.8. The molecule has 0 aliphatic heterocycles. The smallest absolute Gasteiger partial charge is 0.124 e. The Morgan fingerprint density at radius 2 is 2.00 bits per heavy atom. The molecule has 0 fully saturated rings. The Kier molecular flexibility index (Phi) is 4.46. The van der Waals surface area contributed by atoms with E-state index in [1.807, 2.05) is 25.1 Å². The van der Waals surface area contributed by atoms with Crippen LogP contribution in [0.25, 0.3) is 0 Å². The maximum absolute atomic E-state index is 10.4. The van der Waals surface area contributed by atoms with Crippen LogP contribution < -0.4 is 4.74 Å². The number of aliphatic hydroxyl groups is 1. The van der Waals surface area contributed by atoms with Gasteiger partial charge in [-0.1, -0.05) is 41.4 Å². The first-order chi connectivity index (χ1) is 9.10. The molecule has 1 unspecified atom stereocenters. The second-order valence-corrected chi connectivity index (χ2v) is 5.03. The van der Waals surface area contributed by atoms with Crippen molar-refractivity contribution in [3.8, 4) is 5.75 Å². The molecule has 1 N–H and O–H groups in total. The van der Waals surface area contributed by atoms with Gasteiger partial charge in [0.1, 0.15) is 5.75 Å². The number of rotatable bonds is 4. The van der Waals surface area contributed by atoms with Crippen molar-refractivity contribution in [2.75, 3.05) is 7.11 Å². The predicted octanol–water partition coefficient (Wildman–Crippen LogP) is 3.93. The summed E-state index contributed by atoms with van der Waals surface area (Å²) in [4.78, 5) is 0. The third-order valence-electron chi connectivity index (χ3n) is 3.06. The number of aryl methyl sites for hydroxylation is 1. The fourth-order valence-corrected chi connectivity index (χ4v) is 2.32. The van der Waals surface area contributed by atoms with Gasteiger partial charge >= 0.3 is 0 Å². The molecule has 0 saturated heterocycles. The number of halogens is 1. The molecule has 3 heteroatoms. The summed E-state index contributed by atoms with van der Waals surface area (Å²) in [6.07, 6.45) is -0.0892. The molecule has 100 valence electrons. The topological polar surface area (TPSA) is 29.5 Å². The van der Waals surface area contributed by atoms with Crippen LogP contribution in [0.15, 0.2) is 42.5 Å². The molecule has 0 spiro atoms. The minimum absolute atomic E-state index is 0.540. The van der Waals surface area contributed by atoms with Gasteiger partial charge in [0.05, 0.1) is 13.2 Å². The van der Waals surface area contributed by atoms with E-state index >= 15 is 0 Å². The lowest BCUT2D eigenvalue weighted by molar-refractivity contribution is 0.174. The average molecular weight is 277 g/mol. The summed E-state index contributed by atoms with van der Waals surface area (Å²) in [6, 6.07) is 13.4. The molecular weight excluding hydrogens is 260 g/mol. The van der Waals surface area contributed by atoms with Crippen molar-refractivity contribution in [2.45, 2.75) is 19.4 Å². The highest BCUT2D eigenvalue weighted by Gasteiger charge is 2.14. The third-order valence-corrected chi connectivity index (χ3v) is 3.30. The largest absolute Gasteiger partial charge is 0.496 e. The lowest BCUT2D eigenvalue weighted by atomic mass is 9.99. The predicted molar refractivity (Wildman–Crippen MR) is 77.8 cm³/mol. The second-order valence-electron chi connectivity index (χ2n) is 4.60. The Labute approximate surface area is 118 Å². The zero-order chi connectivity index (χ0) is 13.8. The van der Waals surface area contributed by atoms with Gasteiger partial charge < -0.3 is 9.84 Å². The van der Waals surface area contributed by atoms with Crippen molar-refractivity contribution in [1.82, 2.24) is 0 Å². The van der Waals surface area contributed by atoms with Gasteiger partial charge in [0.25, 0.3) is 0 Å². The molecule has 0 heterocycles. The number of benzene rings is 2. The molecule has 0 aliphatic carbocycles. The van der Waals surface area contributed by atoms with Crippen molar-refractivity contribution in [3.05, 3.63) is 64.2 Å². The molecule has 0 amide bonds. The maximum atomic E-state index is 10.4. The fourth-order valence-electron chi connectivity index (χ4n) is 2.14. The number of hydrogen-bond acceptors (Lipinski definition) is 2. The summed E-state index contributed by atoms with van der Waals surface area (Å²) in [5.41, 5.74) is 2.99. The maximum Gasteiger partial charge on any atom is 0.124 e. The number of ether oxygens (including phenoxy) is 1. The van der Waals surface area contributed by atoms with Crippen LogP contribution in [0.1, 0.15) is 22.8 Å². The highest BCUT2D eigenvalue weighted by Crippen LogP contribution is 2.30. The van der Waals surface area contributed by atoms with E-state index in [1.54, 1.807) is 25.3 Å². The number of aliphatic hydroxyl groups excluding tert-OH is 1. The standard InChI is InChI=1S/C16H17ClO2/c1-11-4-3-5-12(8-11)9-15(18)14-10-13(17)6-7-16(14)19-2/h3-8,10,15,18H,9H2,1-2H3. The summed E-state index contributed by atoms with van der Waals surface area (Å²) >= 11 is 5.98. The number of hydrogen-bond donors (Lipinski definition) is 1. The lowest BCUT2D eigenvalue weighted by Crippen LogP contribution is -2.04. The van der Waals surface area contributed by atoms with Gasteiger partial charge in [0, 0.05) is 17.0 Å². The number of methoxy groups -OCH3 is 1. The van der Waals surface area contributed by atoms with Crippen LogP contribution in [-0.2, 0) is 6.42 Å². The molecule has 0 aliphatic rings. The molecule has 0 bridgehead atoms. The van der Waals surface area contributed by atoms with Gasteiger partial charge in [-0.15, -0.1) is 0 Å². The van der Waals surface area contributed by atoms with Crippen LogP contribution in [0.3, 0.4) is 0 Å². The molecular formula is C16H17ClO2. The summed E-state index contributed by atoms with van der Waals surface area (Å²) in [6.45, 7) is 2.04. The Morgan fingerprint density at radius 1 is 1.21 bits per heavy atom. The summed E-state index contributed by atoms with van der Waals surface area (Å²) in [5.74, 6) is 0.657. The van der Waals surface area contributed by atoms with Crippen molar-refractivity contribution in [2.24, 2.45) is 0 Å². The quantitative estimate of drug-likeness (QED) is 0.917. The van der Waals surface area contributed by atoms with Gasteiger partial charge in [0.2, 0.25) is 0 Å².